The minimum atomic E-state index is -0.564. The number of aliphatic hydroxyl groups is 1. The van der Waals surface area contributed by atoms with E-state index in [2.05, 4.69) is 6.92 Å². The van der Waals surface area contributed by atoms with Crippen molar-refractivity contribution in [3.63, 3.8) is 0 Å². The lowest BCUT2D eigenvalue weighted by atomic mass is 9.87. The van der Waals surface area contributed by atoms with E-state index in [0.29, 0.717) is 13.0 Å². The molecule has 0 rings (SSSR count). The maximum Gasteiger partial charge on any atom is 0.311 e. The molecule has 17 heavy (non-hydrogen) atoms. The molecule has 2 unspecified atom stereocenters. The lowest BCUT2D eigenvalue weighted by Gasteiger charge is -2.24. The monoisotopic (exact) mass is 244 g/mol. The van der Waals surface area contributed by atoms with E-state index in [1.165, 1.54) is 12.8 Å². The summed E-state index contributed by atoms with van der Waals surface area (Å²) in [6.45, 7) is 8.24. The Morgan fingerprint density at radius 2 is 1.82 bits per heavy atom. The van der Waals surface area contributed by atoms with Gasteiger partial charge in [-0.15, -0.1) is 0 Å². The first-order chi connectivity index (χ1) is 8.04. The number of esters is 1. The zero-order valence-electron chi connectivity index (χ0n) is 11.7. The van der Waals surface area contributed by atoms with Gasteiger partial charge in [0.05, 0.1) is 18.6 Å². The third-order valence-corrected chi connectivity index (χ3v) is 3.04. The minimum Gasteiger partial charge on any atom is -0.466 e. The maximum atomic E-state index is 11.7. The summed E-state index contributed by atoms with van der Waals surface area (Å²) >= 11 is 0. The highest BCUT2D eigenvalue weighted by molar-refractivity contribution is 5.73. The summed E-state index contributed by atoms with van der Waals surface area (Å²) in [5, 5.41) is 10.1. The largest absolute Gasteiger partial charge is 0.466 e. The zero-order chi connectivity index (χ0) is 13.3. The molecule has 0 fully saturated rings. The summed E-state index contributed by atoms with van der Waals surface area (Å²) in [4.78, 5) is 11.7. The van der Waals surface area contributed by atoms with Crippen molar-refractivity contribution in [3.05, 3.63) is 0 Å². The van der Waals surface area contributed by atoms with Crippen LogP contribution in [0.4, 0.5) is 0 Å². The summed E-state index contributed by atoms with van der Waals surface area (Å²) in [7, 11) is 0. The van der Waals surface area contributed by atoms with E-state index in [1.807, 2.05) is 13.8 Å². The molecule has 0 heterocycles. The smallest absolute Gasteiger partial charge is 0.311 e. The van der Waals surface area contributed by atoms with Crippen LogP contribution >= 0.6 is 0 Å². The number of unbranched alkanes of at least 4 members (excludes halogenated alkanes) is 3. The van der Waals surface area contributed by atoms with Crippen molar-refractivity contribution < 1.29 is 14.6 Å². The molecule has 0 aliphatic rings. The number of hydrogen-bond acceptors (Lipinski definition) is 3. The first-order valence-electron chi connectivity index (χ1n) is 6.89. The van der Waals surface area contributed by atoms with Crippen molar-refractivity contribution in [2.45, 2.75) is 65.9 Å². The lowest BCUT2D eigenvalue weighted by Crippen LogP contribution is -2.34. The number of aliphatic hydroxyl groups excluding tert-OH is 1. The number of carbonyl (C=O) groups excluding carboxylic acids is 1. The molecule has 0 radical (unpaired) electrons. The van der Waals surface area contributed by atoms with E-state index < -0.39 is 6.10 Å². The van der Waals surface area contributed by atoms with Crippen LogP contribution in [-0.4, -0.2) is 23.8 Å². The van der Waals surface area contributed by atoms with E-state index in [4.69, 9.17) is 4.74 Å². The average molecular weight is 244 g/mol. The molecule has 0 bridgehead atoms. The Hall–Kier alpha value is -0.570. The highest BCUT2D eigenvalue weighted by atomic mass is 16.5. The topological polar surface area (TPSA) is 46.5 Å². The average Bonchev–Trinajstić information content (AvgIpc) is 2.24. The Bertz CT molecular complexity index is 202. The van der Waals surface area contributed by atoms with Crippen LogP contribution in [0.1, 0.15) is 59.8 Å². The van der Waals surface area contributed by atoms with Crippen LogP contribution in [0.15, 0.2) is 0 Å². The Balaban J connectivity index is 4.15. The van der Waals surface area contributed by atoms with Gasteiger partial charge in [0.2, 0.25) is 0 Å². The van der Waals surface area contributed by atoms with Gasteiger partial charge in [0.25, 0.3) is 0 Å². The molecule has 0 aromatic heterocycles. The van der Waals surface area contributed by atoms with Crippen LogP contribution in [0.2, 0.25) is 0 Å². The van der Waals surface area contributed by atoms with E-state index in [1.54, 1.807) is 6.92 Å². The van der Waals surface area contributed by atoms with Gasteiger partial charge in [0, 0.05) is 0 Å². The Morgan fingerprint density at radius 1 is 1.18 bits per heavy atom. The normalized spacial score (nSPS) is 14.7. The Kier molecular flexibility index (Phi) is 9.14. The first-order valence-corrected chi connectivity index (χ1v) is 6.89. The Labute approximate surface area is 106 Å². The van der Waals surface area contributed by atoms with Crippen LogP contribution in [0.3, 0.4) is 0 Å². The van der Waals surface area contributed by atoms with E-state index in [0.717, 1.165) is 12.8 Å². The van der Waals surface area contributed by atoms with Crippen LogP contribution in [0.5, 0.6) is 0 Å². The van der Waals surface area contributed by atoms with Crippen LogP contribution in [0.25, 0.3) is 0 Å². The molecule has 0 amide bonds. The second kappa shape index (κ2) is 9.46. The number of rotatable bonds is 9. The van der Waals surface area contributed by atoms with Crippen molar-refractivity contribution in [1.82, 2.24) is 0 Å². The second-order valence-corrected chi connectivity index (χ2v) is 4.94. The SMILES string of the molecule is CCCCCCC(O)C(C(=O)OCC)C(C)C. The van der Waals surface area contributed by atoms with Gasteiger partial charge in [-0.25, -0.2) is 0 Å². The molecule has 3 nitrogen and oxygen atoms in total. The molecule has 2 atom stereocenters. The molecule has 0 spiro atoms. The van der Waals surface area contributed by atoms with Crippen LogP contribution < -0.4 is 0 Å². The van der Waals surface area contributed by atoms with Crippen molar-refractivity contribution in [3.8, 4) is 0 Å². The fourth-order valence-electron chi connectivity index (χ4n) is 2.07. The molecule has 1 N–H and O–H groups in total. The Morgan fingerprint density at radius 3 is 2.29 bits per heavy atom. The fourth-order valence-corrected chi connectivity index (χ4v) is 2.07. The predicted molar refractivity (Wildman–Crippen MR) is 69.7 cm³/mol. The molecular formula is C14H28O3. The van der Waals surface area contributed by atoms with Gasteiger partial charge in [-0.1, -0.05) is 46.5 Å². The molecule has 0 aliphatic carbocycles. The molecule has 0 saturated carbocycles. The summed E-state index contributed by atoms with van der Waals surface area (Å²) in [5.74, 6) is -0.516. The highest BCUT2D eigenvalue weighted by Gasteiger charge is 2.30. The van der Waals surface area contributed by atoms with Crippen LogP contribution in [-0.2, 0) is 9.53 Å². The molecule has 0 aliphatic heterocycles. The van der Waals surface area contributed by atoms with Gasteiger partial charge < -0.3 is 9.84 Å². The van der Waals surface area contributed by atoms with Gasteiger partial charge in [-0.05, 0) is 19.3 Å². The standard InChI is InChI=1S/C14H28O3/c1-5-7-8-9-10-12(15)13(11(3)4)14(16)17-6-2/h11-13,15H,5-10H2,1-4H3. The van der Waals surface area contributed by atoms with E-state index in [-0.39, 0.29) is 17.8 Å². The van der Waals surface area contributed by atoms with Gasteiger partial charge in [0.1, 0.15) is 0 Å². The first kappa shape index (κ1) is 16.4. The van der Waals surface area contributed by atoms with E-state index >= 15 is 0 Å². The quantitative estimate of drug-likeness (QED) is 0.500. The zero-order valence-corrected chi connectivity index (χ0v) is 11.7. The summed E-state index contributed by atoms with van der Waals surface area (Å²) in [6, 6.07) is 0. The number of carbonyl (C=O) groups is 1. The predicted octanol–water partition coefficient (Wildman–Crippen LogP) is 3.15. The van der Waals surface area contributed by atoms with Crippen molar-refractivity contribution in [1.29, 1.82) is 0 Å². The molecule has 0 aromatic rings. The maximum absolute atomic E-state index is 11.7. The molecule has 0 saturated heterocycles. The molecule has 3 heteroatoms. The van der Waals surface area contributed by atoms with Crippen molar-refractivity contribution in [2.24, 2.45) is 11.8 Å². The van der Waals surface area contributed by atoms with Crippen molar-refractivity contribution >= 4 is 5.97 Å². The third kappa shape index (κ3) is 6.67. The minimum absolute atomic E-state index is 0.121. The van der Waals surface area contributed by atoms with Crippen LogP contribution in [0, 0.1) is 11.8 Å². The summed E-state index contributed by atoms with van der Waals surface area (Å²) < 4.78 is 5.01. The summed E-state index contributed by atoms with van der Waals surface area (Å²) in [6.07, 6.45) is 4.62. The molecule has 102 valence electrons. The molecule has 0 aromatic carbocycles. The number of ether oxygens (including phenoxy) is 1. The van der Waals surface area contributed by atoms with Gasteiger partial charge in [-0.3, -0.25) is 4.79 Å². The van der Waals surface area contributed by atoms with E-state index in [9.17, 15) is 9.90 Å². The molecular weight excluding hydrogens is 216 g/mol. The van der Waals surface area contributed by atoms with Gasteiger partial charge in [-0.2, -0.15) is 0 Å². The van der Waals surface area contributed by atoms with Gasteiger partial charge in [0.15, 0.2) is 0 Å². The summed E-state index contributed by atoms with van der Waals surface area (Å²) in [5.41, 5.74) is 0. The van der Waals surface area contributed by atoms with Crippen molar-refractivity contribution in [2.75, 3.05) is 6.61 Å². The highest BCUT2D eigenvalue weighted by Crippen LogP contribution is 2.21. The third-order valence-electron chi connectivity index (χ3n) is 3.04. The van der Waals surface area contributed by atoms with Gasteiger partial charge >= 0.3 is 5.97 Å². The fraction of sp³-hybridized carbons (Fsp3) is 0.929. The number of hydrogen-bond donors (Lipinski definition) is 1. The lowest BCUT2D eigenvalue weighted by molar-refractivity contribution is -0.154. The second-order valence-electron chi connectivity index (χ2n) is 4.94.